The first kappa shape index (κ1) is 7.15. The average molecular weight is 166 g/mol. The molecule has 12 heavy (non-hydrogen) atoms. The van der Waals surface area contributed by atoms with Crippen LogP contribution in [0.5, 0.6) is 0 Å². The van der Waals surface area contributed by atoms with E-state index >= 15 is 0 Å². The highest BCUT2D eigenvalue weighted by atomic mass is 16.1. The Hall–Kier alpha value is -1.52. The first-order chi connectivity index (χ1) is 5.61. The molecule has 5 heteroatoms. The van der Waals surface area contributed by atoms with Crippen LogP contribution < -0.4 is 5.56 Å². The van der Waals surface area contributed by atoms with E-state index < -0.39 is 0 Å². The molecule has 0 saturated carbocycles. The SMILES string of the molecule is Cc1nc2c([nH]1)c(=O)n(C)n2C. The van der Waals surface area contributed by atoms with Gasteiger partial charge in [0.1, 0.15) is 5.82 Å². The summed E-state index contributed by atoms with van der Waals surface area (Å²) < 4.78 is 3.24. The normalized spacial score (nSPS) is 11.2. The standard InChI is InChI=1S/C7H10N4O/c1-4-8-5-6(9-4)10(2)11(3)7(5)12/h1-3H3,(H,8,9). The molecular formula is C7H10N4O. The third-order valence-electron chi connectivity index (χ3n) is 2.07. The number of nitrogens with one attached hydrogen (secondary N) is 1. The fourth-order valence-electron chi connectivity index (χ4n) is 1.30. The third-order valence-corrected chi connectivity index (χ3v) is 2.07. The van der Waals surface area contributed by atoms with Gasteiger partial charge in [-0.05, 0) is 6.92 Å². The summed E-state index contributed by atoms with van der Waals surface area (Å²) >= 11 is 0. The molecule has 2 aromatic heterocycles. The van der Waals surface area contributed by atoms with E-state index in [2.05, 4.69) is 9.97 Å². The van der Waals surface area contributed by atoms with E-state index in [4.69, 9.17) is 0 Å². The number of hydrogen-bond acceptors (Lipinski definition) is 2. The zero-order valence-corrected chi connectivity index (χ0v) is 7.25. The quantitative estimate of drug-likeness (QED) is 0.594. The number of rotatable bonds is 0. The molecular weight excluding hydrogens is 156 g/mol. The highest BCUT2D eigenvalue weighted by Gasteiger charge is 2.10. The van der Waals surface area contributed by atoms with Crippen LogP contribution in [0, 0.1) is 6.92 Å². The fraction of sp³-hybridized carbons (Fsp3) is 0.429. The van der Waals surface area contributed by atoms with Gasteiger partial charge in [-0.15, -0.1) is 0 Å². The number of aromatic amines is 1. The second kappa shape index (κ2) is 2.00. The van der Waals surface area contributed by atoms with Gasteiger partial charge in [-0.3, -0.25) is 14.2 Å². The summed E-state index contributed by atoms with van der Waals surface area (Å²) in [6.07, 6.45) is 0. The molecule has 1 N–H and O–H groups in total. The average Bonchev–Trinajstić information content (AvgIpc) is 2.49. The van der Waals surface area contributed by atoms with Gasteiger partial charge in [0, 0.05) is 14.1 Å². The van der Waals surface area contributed by atoms with Crippen LogP contribution in [0.4, 0.5) is 0 Å². The van der Waals surface area contributed by atoms with Crippen molar-refractivity contribution in [2.75, 3.05) is 0 Å². The van der Waals surface area contributed by atoms with E-state index in [1.165, 1.54) is 4.68 Å². The van der Waals surface area contributed by atoms with Crippen molar-refractivity contribution in [2.24, 2.45) is 14.1 Å². The van der Waals surface area contributed by atoms with Crippen LogP contribution in [0.25, 0.3) is 11.2 Å². The zero-order chi connectivity index (χ0) is 8.88. The lowest BCUT2D eigenvalue weighted by Crippen LogP contribution is -2.17. The lowest BCUT2D eigenvalue weighted by atomic mass is 10.6. The van der Waals surface area contributed by atoms with Crippen LogP contribution in [-0.4, -0.2) is 19.3 Å². The number of fused-ring (bicyclic) bond motifs is 1. The summed E-state index contributed by atoms with van der Waals surface area (Å²) in [6, 6.07) is 0. The Morgan fingerprint density at radius 3 is 2.58 bits per heavy atom. The molecule has 2 aromatic rings. The molecule has 0 atom stereocenters. The molecule has 0 bridgehead atoms. The van der Waals surface area contributed by atoms with Crippen LogP contribution in [-0.2, 0) is 14.1 Å². The molecule has 0 amide bonds. The summed E-state index contributed by atoms with van der Waals surface area (Å²) in [5.41, 5.74) is 1.26. The van der Waals surface area contributed by atoms with Crippen molar-refractivity contribution in [2.45, 2.75) is 6.92 Å². The van der Waals surface area contributed by atoms with Gasteiger partial charge in [0.25, 0.3) is 5.56 Å². The van der Waals surface area contributed by atoms with E-state index in [9.17, 15) is 4.79 Å². The van der Waals surface area contributed by atoms with Crippen molar-refractivity contribution >= 4 is 11.2 Å². The maximum absolute atomic E-state index is 11.4. The Balaban J connectivity index is 3.05. The molecule has 0 aliphatic heterocycles. The lowest BCUT2D eigenvalue weighted by Gasteiger charge is -1.96. The van der Waals surface area contributed by atoms with Crippen LogP contribution in [0.1, 0.15) is 5.82 Å². The maximum atomic E-state index is 11.4. The minimum Gasteiger partial charge on any atom is -0.336 e. The van der Waals surface area contributed by atoms with Gasteiger partial charge in [-0.2, -0.15) is 0 Å². The molecule has 0 unspecified atom stereocenters. The van der Waals surface area contributed by atoms with Crippen LogP contribution in [0.3, 0.4) is 0 Å². The minimum atomic E-state index is -0.0342. The fourth-order valence-corrected chi connectivity index (χ4v) is 1.30. The molecule has 2 rings (SSSR count). The Kier molecular flexibility index (Phi) is 1.19. The molecule has 0 fully saturated rings. The van der Waals surface area contributed by atoms with Gasteiger partial charge in [-0.1, -0.05) is 0 Å². The van der Waals surface area contributed by atoms with Crippen molar-refractivity contribution in [3.05, 3.63) is 16.2 Å². The van der Waals surface area contributed by atoms with Crippen LogP contribution >= 0.6 is 0 Å². The molecule has 64 valence electrons. The van der Waals surface area contributed by atoms with Gasteiger partial charge in [0.2, 0.25) is 0 Å². The molecule has 0 saturated heterocycles. The zero-order valence-electron chi connectivity index (χ0n) is 7.25. The van der Waals surface area contributed by atoms with Gasteiger partial charge < -0.3 is 4.98 Å². The minimum absolute atomic E-state index is 0.0342. The first-order valence-corrected chi connectivity index (χ1v) is 3.69. The molecule has 0 aliphatic carbocycles. The second-order valence-electron chi connectivity index (χ2n) is 2.87. The lowest BCUT2D eigenvalue weighted by molar-refractivity contribution is 0.590. The van der Waals surface area contributed by atoms with Crippen molar-refractivity contribution in [3.8, 4) is 0 Å². The highest BCUT2D eigenvalue weighted by molar-refractivity contribution is 5.70. The van der Waals surface area contributed by atoms with E-state index in [1.807, 2.05) is 14.0 Å². The third kappa shape index (κ3) is 0.677. The highest BCUT2D eigenvalue weighted by Crippen LogP contribution is 2.04. The van der Waals surface area contributed by atoms with Crippen LogP contribution in [0.15, 0.2) is 4.79 Å². The number of H-pyrrole nitrogens is 1. The Bertz CT molecular complexity index is 487. The van der Waals surface area contributed by atoms with Crippen molar-refractivity contribution in [1.82, 2.24) is 19.3 Å². The monoisotopic (exact) mass is 166 g/mol. The van der Waals surface area contributed by atoms with E-state index in [0.717, 1.165) is 5.82 Å². The predicted molar refractivity (Wildman–Crippen MR) is 45.0 cm³/mol. The number of aromatic nitrogens is 4. The molecule has 2 heterocycles. The number of hydrogen-bond donors (Lipinski definition) is 1. The Morgan fingerprint density at radius 2 is 2.00 bits per heavy atom. The molecule has 0 aromatic carbocycles. The first-order valence-electron chi connectivity index (χ1n) is 3.69. The maximum Gasteiger partial charge on any atom is 0.292 e. The van der Waals surface area contributed by atoms with Crippen molar-refractivity contribution in [1.29, 1.82) is 0 Å². The molecule has 0 spiro atoms. The van der Waals surface area contributed by atoms with Crippen LogP contribution in [0.2, 0.25) is 0 Å². The summed E-state index contributed by atoms with van der Waals surface area (Å²) in [6.45, 7) is 1.83. The Labute approximate surface area is 68.6 Å². The van der Waals surface area contributed by atoms with Crippen molar-refractivity contribution in [3.63, 3.8) is 0 Å². The summed E-state index contributed by atoms with van der Waals surface area (Å²) in [7, 11) is 3.52. The summed E-state index contributed by atoms with van der Waals surface area (Å²) in [5, 5.41) is 0. The number of nitrogens with zero attached hydrogens (tertiary/aromatic N) is 3. The van der Waals surface area contributed by atoms with E-state index in [1.54, 1.807) is 11.7 Å². The Morgan fingerprint density at radius 1 is 1.33 bits per heavy atom. The molecule has 0 aliphatic rings. The van der Waals surface area contributed by atoms with Gasteiger partial charge in [0.15, 0.2) is 11.2 Å². The number of imidazole rings is 1. The predicted octanol–water partition coefficient (Wildman–Crippen LogP) is -0.0915. The van der Waals surface area contributed by atoms with Gasteiger partial charge >= 0.3 is 0 Å². The second-order valence-corrected chi connectivity index (χ2v) is 2.87. The molecule has 0 radical (unpaired) electrons. The van der Waals surface area contributed by atoms with E-state index in [0.29, 0.717) is 11.2 Å². The number of aryl methyl sites for hydroxylation is 2. The van der Waals surface area contributed by atoms with E-state index in [-0.39, 0.29) is 5.56 Å². The summed E-state index contributed by atoms with van der Waals surface area (Å²) in [4.78, 5) is 18.5. The van der Waals surface area contributed by atoms with Gasteiger partial charge in [-0.25, -0.2) is 4.98 Å². The van der Waals surface area contributed by atoms with Gasteiger partial charge in [0.05, 0.1) is 0 Å². The molecule has 5 nitrogen and oxygen atoms in total. The largest absolute Gasteiger partial charge is 0.336 e. The topological polar surface area (TPSA) is 55.6 Å². The van der Waals surface area contributed by atoms with Crippen molar-refractivity contribution < 1.29 is 0 Å². The smallest absolute Gasteiger partial charge is 0.292 e. The summed E-state index contributed by atoms with van der Waals surface area (Å²) in [5.74, 6) is 0.772.